The Morgan fingerprint density at radius 2 is 2.04 bits per heavy atom. The van der Waals surface area contributed by atoms with Crippen LogP contribution in [0.4, 0.5) is 0 Å². The van der Waals surface area contributed by atoms with Gasteiger partial charge in [-0.2, -0.15) is 5.10 Å². The normalized spacial score (nSPS) is 13.9. The van der Waals surface area contributed by atoms with E-state index >= 15 is 0 Å². The fraction of sp³-hybridized carbons (Fsp3) is 0.381. The van der Waals surface area contributed by atoms with Crippen LogP contribution in [0.3, 0.4) is 0 Å². The molecule has 4 rings (SSSR count). The van der Waals surface area contributed by atoms with Gasteiger partial charge >= 0.3 is 0 Å². The van der Waals surface area contributed by atoms with E-state index in [4.69, 9.17) is 11.6 Å². The Kier molecular flexibility index (Phi) is 5.48. The maximum absolute atomic E-state index is 12.6. The minimum absolute atomic E-state index is 0.0512. The van der Waals surface area contributed by atoms with Crippen molar-refractivity contribution in [3.8, 4) is 0 Å². The van der Waals surface area contributed by atoms with Gasteiger partial charge in [-0.25, -0.2) is 4.68 Å². The highest BCUT2D eigenvalue weighted by Crippen LogP contribution is 2.20. The summed E-state index contributed by atoms with van der Waals surface area (Å²) in [7, 11) is 0. The molecule has 146 valence electrons. The van der Waals surface area contributed by atoms with Crippen LogP contribution in [0.2, 0.25) is 5.02 Å². The molecule has 1 aliphatic carbocycles. The highest BCUT2D eigenvalue weighted by Gasteiger charge is 2.15. The van der Waals surface area contributed by atoms with Crippen LogP contribution < -0.4 is 10.9 Å². The standard InChI is InChI=1S/C21H23ClN4O2/c22-17-7-6-15-8-10-25(19(15)12-17)11-9-23-20(27)14-26-21(28)18-5-3-1-2-4-16(18)13-24-26/h6-8,10,12-13H,1-5,9,11,14H2,(H,23,27). The van der Waals surface area contributed by atoms with E-state index < -0.39 is 0 Å². The number of nitrogens with one attached hydrogen (secondary N) is 1. The molecule has 7 heteroatoms. The molecule has 28 heavy (non-hydrogen) atoms. The summed E-state index contributed by atoms with van der Waals surface area (Å²) in [5.74, 6) is -0.210. The number of hydrogen-bond donors (Lipinski definition) is 1. The zero-order valence-electron chi connectivity index (χ0n) is 15.7. The molecule has 0 bridgehead atoms. The summed E-state index contributed by atoms with van der Waals surface area (Å²) in [6.45, 7) is 1.04. The quantitative estimate of drug-likeness (QED) is 0.672. The molecule has 6 nitrogen and oxygen atoms in total. The van der Waals surface area contributed by atoms with Gasteiger partial charge in [0.05, 0.1) is 6.20 Å². The van der Waals surface area contributed by atoms with Crippen LogP contribution in [0.5, 0.6) is 0 Å². The Bertz CT molecular complexity index is 1070. The number of halogens is 1. The number of hydrogen-bond acceptors (Lipinski definition) is 3. The van der Waals surface area contributed by atoms with E-state index in [1.165, 1.54) is 4.68 Å². The molecule has 0 saturated carbocycles. The second-order valence-electron chi connectivity index (χ2n) is 7.23. The third-order valence-electron chi connectivity index (χ3n) is 5.31. The van der Waals surface area contributed by atoms with Gasteiger partial charge < -0.3 is 9.88 Å². The molecule has 1 aromatic carbocycles. The largest absolute Gasteiger partial charge is 0.353 e. The number of carbonyl (C=O) groups is 1. The average Bonchev–Trinajstić information content (AvgIpc) is 2.91. The molecule has 0 fully saturated rings. The van der Waals surface area contributed by atoms with Crippen molar-refractivity contribution in [2.24, 2.45) is 0 Å². The molecule has 0 aliphatic heterocycles. The van der Waals surface area contributed by atoms with Gasteiger partial charge in [-0.15, -0.1) is 0 Å². The van der Waals surface area contributed by atoms with Crippen molar-refractivity contribution in [1.82, 2.24) is 19.7 Å². The third-order valence-corrected chi connectivity index (χ3v) is 5.55. The minimum Gasteiger partial charge on any atom is -0.353 e. The fourth-order valence-corrected chi connectivity index (χ4v) is 3.98. The SMILES string of the molecule is O=C(Cn1ncc2c(c1=O)CCCCC2)NCCn1ccc2ccc(Cl)cc21. The molecular weight excluding hydrogens is 376 g/mol. The van der Waals surface area contributed by atoms with Crippen molar-refractivity contribution in [3.05, 3.63) is 63.2 Å². The van der Waals surface area contributed by atoms with Crippen LogP contribution in [0.1, 0.15) is 30.4 Å². The molecule has 3 aromatic rings. The molecule has 1 aliphatic rings. The Morgan fingerprint density at radius 1 is 1.18 bits per heavy atom. The van der Waals surface area contributed by atoms with Crippen LogP contribution in [-0.4, -0.2) is 26.8 Å². The lowest BCUT2D eigenvalue weighted by Crippen LogP contribution is -2.36. The summed E-state index contributed by atoms with van der Waals surface area (Å²) in [6, 6.07) is 7.77. The number of rotatable bonds is 5. The maximum atomic E-state index is 12.6. The maximum Gasteiger partial charge on any atom is 0.270 e. The summed E-state index contributed by atoms with van der Waals surface area (Å²) >= 11 is 6.08. The van der Waals surface area contributed by atoms with Crippen molar-refractivity contribution < 1.29 is 4.79 Å². The van der Waals surface area contributed by atoms with Crippen molar-refractivity contribution in [2.45, 2.75) is 45.2 Å². The summed E-state index contributed by atoms with van der Waals surface area (Å²) in [5, 5.41) is 8.87. The smallest absolute Gasteiger partial charge is 0.270 e. The van der Waals surface area contributed by atoms with Crippen LogP contribution in [-0.2, 0) is 30.7 Å². The Hall–Kier alpha value is -2.60. The number of fused-ring (bicyclic) bond motifs is 2. The highest BCUT2D eigenvalue weighted by molar-refractivity contribution is 6.31. The van der Waals surface area contributed by atoms with Gasteiger partial charge in [-0.3, -0.25) is 9.59 Å². The summed E-state index contributed by atoms with van der Waals surface area (Å²) in [4.78, 5) is 25.0. The van der Waals surface area contributed by atoms with E-state index in [0.29, 0.717) is 18.1 Å². The Morgan fingerprint density at radius 3 is 2.93 bits per heavy atom. The number of amides is 1. The summed E-state index contributed by atoms with van der Waals surface area (Å²) in [6.07, 6.45) is 8.66. The van der Waals surface area contributed by atoms with E-state index in [1.807, 2.05) is 35.0 Å². The van der Waals surface area contributed by atoms with Gasteiger partial charge in [0.25, 0.3) is 5.56 Å². The van der Waals surface area contributed by atoms with Crippen LogP contribution in [0.15, 0.2) is 41.5 Å². The molecule has 0 saturated heterocycles. The lowest BCUT2D eigenvalue weighted by atomic mass is 10.1. The number of aryl methyl sites for hydroxylation is 1. The fourth-order valence-electron chi connectivity index (χ4n) is 3.81. The van der Waals surface area contributed by atoms with E-state index in [0.717, 1.165) is 54.1 Å². The molecule has 0 atom stereocenters. The molecule has 0 spiro atoms. The molecule has 2 aromatic heterocycles. The van der Waals surface area contributed by atoms with Crippen molar-refractivity contribution in [3.63, 3.8) is 0 Å². The first-order valence-electron chi connectivity index (χ1n) is 9.71. The summed E-state index contributed by atoms with van der Waals surface area (Å²) < 4.78 is 3.33. The van der Waals surface area contributed by atoms with E-state index in [9.17, 15) is 9.59 Å². The molecule has 0 radical (unpaired) electrons. The average molecular weight is 399 g/mol. The minimum atomic E-state index is -0.210. The lowest BCUT2D eigenvalue weighted by molar-refractivity contribution is -0.121. The topological polar surface area (TPSA) is 68.9 Å². The molecule has 1 amide bonds. The van der Waals surface area contributed by atoms with E-state index in [-0.39, 0.29) is 18.0 Å². The second-order valence-corrected chi connectivity index (χ2v) is 7.67. The molecule has 2 heterocycles. The van der Waals surface area contributed by atoms with E-state index in [1.54, 1.807) is 6.20 Å². The van der Waals surface area contributed by atoms with Crippen molar-refractivity contribution >= 4 is 28.4 Å². The Balaban J connectivity index is 1.38. The highest BCUT2D eigenvalue weighted by atomic mass is 35.5. The lowest BCUT2D eigenvalue weighted by Gasteiger charge is -2.11. The van der Waals surface area contributed by atoms with Crippen LogP contribution in [0.25, 0.3) is 10.9 Å². The molecule has 1 N–H and O–H groups in total. The zero-order valence-corrected chi connectivity index (χ0v) is 16.4. The van der Waals surface area contributed by atoms with Gasteiger partial charge in [0.15, 0.2) is 0 Å². The number of carbonyl (C=O) groups excluding carboxylic acids is 1. The van der Waals surface area contributed by atoms with Crippen molar-refractivity contribution in [2.75, 3.05) is 6.54 Å². The van der Waals surface area contributed by atoms with Gasteiger partial charge in [-0.05, 0) is 54.8 Å². The first-order chi connectivity index (χ1) is 13.6. The van der Waals surface area contributed by atoms with Crippen LogP contribution >= 0.6 is 11.6 Å². The van der Waals surface area contributed by atoms with Crippen molar-refractivity contribution in [1.29, 1.82) is 0 Å². The first-order valence-corrected chi connectivity index (χ1v) is 10.1. The van der Waals surface area contributed by atoms with Gasteiger partial charge in [0, 0.05) is 35.4 Å². The second kappa shape index (κ2) is 8.19. The molecule has 0 unspecified atom stereocenters. The predicted molar refractivity (Wildman–Crippen MR) is 110 cm³/mol. The van der Waals surface area contributed by atoms with Gasteiger partial charge in [0.1, 0.15) is 6.54 Å². The zero-order chi connectivity index (χ0) is 19.5. The monoisotopic (exact) mass is 398 g/mol. The third kappa shape index (κ3) is 3.97. The summed E-state index contributed by atoms with van der Waals surface area (Å²) in [5.41, 5.74) is 2.78. The van der Waals surface area contributed by atoms with Gasteiger partial charge in [0.2, 0.25) is 5.91 Å². The number of aromatic nitrogens is 3. The Labute approximate surface area is 168 Å². The number of nitrogens with zero attached hydrogens (tertiary/aromatic N) is 3. The van der Waals surface area contributed by atoms with Gasteiger partial charge in [-0.1, -0.05) is 24.1 Å². The first kappa shape index (κ1) is 18.7. The van der Waals surface area contributed by atoms with Crippen LogP contribution in [0, 0.1) is 0 Å². The number of benzene rings is 1. The predicted octanol–water partition coefficient (Wildman–Crippen LogP) is 2.94. The molecular formula is C21H23ClN4O2. The van der Waals surface area contributed by atoms with E-state index in [2.05, 4.69) is 10.4 Å².